The number of aromatic amines is 1. The molecule has 5 rings (SSSR count). The largest absolute Gasteiger partial charge is 0.361 e. The number of hydrogen-bond acceptors (Lipinski definition) is 2. The van der Waals surface area contributed by atoms with E-state index < -0.39 is 5.60 Å². The molecule has 34 heavy (non-hydrogen) atoms. The third kappa shape index (κ3) is 3.77. The molecule has 3 aromatic carbocycles. The lowest BCUT2D eigenvalue weighted by atomic mass is 9.75. The highest BCUT2D eigenvalue weighted by Gasteiger charge is 2.55. The van der Waals surface area contributed by atoms with Crippen LogP contribution >= 0.6 is 0 Å². The van der Waals surface area contributed by atoms with Crippen molar-refractivity contribution in [3.8, 4) is 0 Å². The van der Waals surface area contributed by atoms with Crippen LogP contribution in [0.15, 0.2) is 79.0 Å². The van der Waals surface area contributed by atoms with Gasteiger partial charge in [0.05, 0.1) is 6.04 Å². The van der Waals surface area contributed by atoms with Crippen LogP contribution in [0.25, 0.3) is 10.9 Å². The van der Waals surface area contributed by atoms with Crippen LogP contribution in [0.2, 0.25) is 0 Å². The zero-order valence-corrected chi connectivity index (χ0v) is 21.0. The first-order chi connectivity index (χ1) is 16.4. The Balaban J connectivity index is 1.73. The average molecular weight is 453 g/mol. The van der Waals surface area contributed by atoms with Gasteiger partial charge in [-0.1, -0.05) is 80.6 Å². The summed E-state index contributed by atoms with van der Waals surface area (Å²) >= 11 is 0. The number of likely N-dealkylation sites (N-methyl/N-ethyl adjacent to an activating group) is 1. The molecule has 0 saturated carbocycles. The van der Waals surface area contributed by atoms with Crippen molar-refractivity contribution >= 4 is 10.9 Å². The third-order valence-electron chi connectivity index (χ3n) is 7.59. The SMILES string of the molecule is Cc1ccccc1C1(c2ccccc2C)O[C@@H](CC(C)C)N(C)[C@H]1Cc1c[nH]c2ccccc12. The summed E-state index contributed by atoms with van der Waals surface area (Å²) in [4.78, 5) is 5.99. The van der Waals surface area contributed by atoms with Crippen molar-refractivity contribution in [2.75, 3.05) is 7.05 Å². The summed E-state index contributed by atoms with van der Waals surface area (Å²) in [7, 11) is 2.25. The van der Waals surface area contributed by atoms with E-state index in [0.29, 0.717) is 5.92 Å². The van der Waals surface area contributed by atoms with E-state index in [1.807, 2.05) is 0 Å². The molecule has 0 amide bonds. The van der Waals surface area contributed by atoms with Gasteiger partial charge in [-0.15, -0.1) is 0 Å². The minimum atomic E-state index is -0.552. The number of nitrogens with zero attached hydrogens (tertiary/aromatic N) is 1. The normalized spacial score (nSPS) is 20.4. The van der Waals surface area contributed by atoms with E-state index in [4.69, 9.17) is 4.74 Å². The summed E-state index contributed by atoms with van der Waals surface area (Å²) in [5, 5.41) is 1.30. The maximum atomic E-state index is 7.30. The van der Waals surface area contributed by atoms with Gasteiger partial charge in [0.15, 0.2) is 0 Å². The smallest absolute Gasteiger partial charge is 0.137 e. The Bertz CT molecular complexity index is 1240. The van der Waals surface area contributed by atoms with E-state index in [0.717, 1.165) is 12.8 Å². The van der Waals surface area contributed by atoms with Crippen LogP contribution in [-0.4, -0.2) is 29.2 Å². The maximum Gasteiger partial charge on any atom is 0.137 e. The second-order valence-electron chi connectivity index (χ2n) is 10.3. The van der Waals surface area contributed by atoms with Gasteiger partial charge in [-0.2, -0.15) is 0 Å². The highest BCUT2D eigenvalue weighted by molar-refractivity contribution is 5.83. The van der Waals surface area contributed by atoms with E-state index in [1.165, 1.54) is 38.7 Å². The van der Waals surface area contributed by atoms with Crippen LogP contribution in [-0.2, 0) is 16.8 Å². The zero-order valence-electron chi connectivity index (χ0n) is 21.0. The molecule has 3 heteroatoms. The predicted molar refractivity (Wildman–Crippen MR) is 141 cm³/mol. The summed E-state index contributed by atoms with van der Waals surface area (Å²) in [6.07, 6.45) is 4.14. The highest BCUT2D eigenvalue weighted by Crippen LogP contribution is 2.50. The van der Waals surface area contributed by atoms with Crippen LogP contribution in [0.5, 0.6) is 0 Å². The lowest BCUT2D eigenvalue weighted by Crippen LogP contribution is -2.45. The van der Waals surface area contributed by atoms with Crippen molar-refractivity contribution in [1.29, 1.82) is 0 Å². The minimum absolute atomic E-state index is 0.0504. The minimum Gasteiger partial charge on any atom is -0.361 e. The molecule has 1 aliphatic rings. The highest BCUT2D eigenvalue weighted by atomic mass is 16.5. The molecule has 2 atom stereocenters. The number of para-hydroxylation sites is 1. The second-order valence-corrected chi connectivity index (χ2v) is 10.3. The summed E-state index contributed by atoms with van der Waals surface area (Å²) in [5.41, 5.74) is 7.06. The van der Waals surface area contributed by atoms with Gasteiger partial charge in [0.2, 0.25) is 0 Å². The van der Waals surface area contributed by atoms with Crippen LogP contribution in [0.1, 0.15) is 48.1 Å². The average Bonchev–Trinajstić information content (AvgIpc) is 3.35. The van der Waals surface area contributed by atoms with Gasteiger partial charge in [0, 0.05) is 17.1 Å². The molecule has 3 nitrogen and oxygen atoms in total. The van der Waals surface area contributed by atoms with E-state index in [2.05, 4.69) is 124 Å². The Morgan fingerprint density at radius 2 is 1.47 bits per heavy atom. The number of aryl methyl sites for hydroxylation is 2. The molecular formula is C31H36N2O. The molecule has 1 saturated heterocycles. The Kier molecular flexibility index (Phi) is 6.09. The monoisotopic (exact) mass is 452 g/mol. The zero-order chi connectivity index (χ0) is 23.9. The first kappa shape index (κ1) is 22.9. The van der Waals surface area contributed by atoms with Crippen molar-refractivity contribution in [3.05, 3.63) is 107 Å². The van der Waals surface area contributed by atoms with Crippen LogP contribution in [0, 0.1) is 19.8 Å². The van der Waals surface area contributed by atoms with Gasteiger partial charge in [-0.05, 0) is 73.5 Å². The number of fused-ring (bicyclic) bond motifs is 1. The molecule has 2 heterocycles. The van der Waals surface area contributed by atoms with Gasteiger partial charge >= 0.3 is 0 Å². The molecule has 0 unspecified atom stereocenters. The first-order valence-electron chi connectivity index (χ1n) is 12.5. The van der Waals surface area contributed by atoms with Crippen molar-refractivity contribution in [3.63, 3.8) is 0 Å². The topological polar surface area (TPSA) is 28.3 Å². The molecular weight excluding hydrogens is 416 g/mol. The first-order valence-corrected chi connectivity index (χ1v) is 12.5. The number of ether oxygens (including phenoxy) is 1. The fourth-order valence-electron chi connectivity index (χ4n) is 5.89. The van der Waals surface area contributed by atoms with E-state index >= 15 is 0 Å². The van der Waals surface area contributed by atoms with Gasteiger partial charge < -0.3 is 9.72 Å². The lowest BCUT2D eigenvalue weighted by Gasteiger charge is -2.38. The molecule has 0 aliphatic carbocycles. The van der Waals surface area contributed by atoms with Gasteiger partial charge in [-0.25, -0.2) is 0 Å². The van der Waals surface area contributed by atoms with Crippen molar-refractivity contribution in [1.82, 2.24) is 9.88 Å². The number of H-pyrrole nitrogens is 1. The molecule has 4 aromatic rings. The number of benzene rings is 3. The summed E-state index contributed by atoms with van der Waals surface area (Å²) in [6.45, 7) is 9.01. The number of rotatable bonds is 6. The standard InChI is InChI=1S/C31H36N2O/c1-21(2)18-30-33(5)29(19-24-20-32-28-17-11-8-14-25(24)28)31(34-30,26-15-9-6-12-22(26)3)27-16-10-7-13-23(27)4/h6-17,20-21,29-30,32H,18-19H2,1-5H3/t29-,30-/m0/s1. The fraction of sp³-hybridized carbons (Fsp3) is 0.355. The van der Waals surface area contributed by atoms with Crippen LogP contribution in [0.4, 0.5) is 0 Å². The fourth-order valence-corrected chi connectivity index (χ4v) is 5.89. The van der Waals surface area contributed by atoms with Crippen molar-refractivity contribution in [2.45, 2.75) is 58.4 Å². The molecule has 1 fully saturated rings. The summed E-state index contributed by atoms with van der Waals surface area (Å²) in [5.74, 6) is 0.547. The molecule has 176 valence electrons. The Morgan fingerprint density at radius 3 is 2.09 bits per heavy atom. The van der Waals surface area contributed by atoms with E-state index in [9.17, 15) is 0 Å². The van der Waals surface area contributed by atoms with E-state index in [-0.39, 0.29) is 12.3 Å². The maximum absolute atomic E-state index is 7.30. The lowest BCUT2D eigenvalue weighted by molar-refractivity contribution is -0.0475. The molecule has 0 spiro atoms. The van der Waals surface area contributed by atoms with Crippen LogP contribution < -0.4 is 0 Å². The van der Waals surface area contributed by atoms with Crippen LogP contribution in [0.3, 0.4) is 0 Å². The Morgan fingerprint density at radius 1 is 0.882 bits per heavy atom. The third-order valence-corrected chi connectivity index (χ3v) is 7.59. The molecule has 0 radical (unpaired) electrons. The summed E-state index contributed by atoms with van der Waals surface area (Å²) in [6, 6.07) is 26.3. The molecule has 1 aromatic heterocycles. The number of hydrogen-bond donors (Lipinski definition) is 1. The van der Waals surface area contributed by atoms with Gasteiger partial charge in [-0.3, -0.25) is 4.90 Å². The van der Waals surface area contributed by atoms with Gasteiger partial charge in [0.1, 0.15) is 11.8 Å². The summed E-state index contributed by atoms with van der Waals surface area (Å²) < 4.78 is 7.30. The molecule has 1 aliphatic heterocycles. The predicted octanol–water partition coefficient (Wildman–Crippen LogP) is 6.97. The Labute approximate surface area is 203 Å². The van der Waals surface area contributed by atoms with E-state index in [1.54, 1.807) is 0 Å². The number of nitrogens with one attached hydrogen (secondary N) is 1. The second kappa shape index (κ2) is 9.05. The van der Waals surface area contributed by atoms with Crippen molar-refractivity contribution < 1.29 is 4.74 Å². The van der Waals surface area contributed by atoms with Gasteiger partial charge in [0.25, 0.3) is 0 Å². The molecule has 0 bridgehead atoms. The Hall–Kier alpha value is -2.88. The quantitative estimate of drug-likeness (QED) is 0.342. The molecule has 1 N–H and O–H groups in total. The number of aromatic nitrogens is 1. The van der Waals surface area contributed by atoms with Crippen molar-refractivity contribution in [2.24, 2.45) is 5.92 Å².